The van der Waals surface area contributed by atoms with Crippen molar-refractivity contribution < 1.29 is 9.63 Å². The van der Waals surface area contributed by atoms with E-state index in [1.54, 1.807) is 6.92 Å². The first-order chi connectivity index (χ1) is 5.04. The van der Waals surface area contributed by atoms with Crippen LogP contribution in [-0.2, 0) is 9.63 Å². The molecule has 1 unspecified atom stereocenters. The smallest absolute Gasteiger partial charge is 0.261 e. The Hall–Kier alpha value is -0.280. The Kier molecular flexibility index (Phi) is 5.24. The Balaban J connectivity index is 3.32. The maximum absolute atomic E-state index is 10.8. The molecule has 0 aliphatic rings. The zero-order valence-corrected chi connectivity index (χ0v) is 7.81. The minimum Gasteiger partial charge on any atom is -0.273 e. The molecule has 0 bridgehead atoms. The highest BCUT2D eigenvalue weighted by molar-refractivity contribution is 6.30. The zero-order chi connectivity index (χ0) is 8.85. The van der Waals surface area contributed by atoms with Gasteiger partial charge in [-0.2, -0.15) is 0 Å². The van der Waals surface area contributed by atoms with Crippen LogP contribution in [0.3, 0.4) is 0 Å². The molecule has 0 aliphatic carbocycles. The highest BCUT2D eigenvalue weighted by Crippen LogP contribution is 1.94. The van der Waals surface area contributed by atoms with Crippen LogP contribution in [-0.4, -0.2) is 17.9 Å². The van der Waals surface area contributed by atoms with Gasteiger partial charge in [0.25, 0.3) is 5.91 Å². The highest BCUT2D eigenvalue weighted by Gasteiger charge is 2.07. The minimum absolute atomic E-state index is 0.299. The van der Waals surface area contributed by atoms with Gasteiger partial charge in [0, 0.05) is 0 Å². The molecule has 0 radical (unpaired) electrons. The van der Waals surface area contributed by atoms with Crippen molar-refractivity contribution >= 4 is 17.5 Å². The Morgan fingerprint density at radius 1 is 1.55 bits per heavy atom. The molecule has 1 N–H and O–H groups in total. The van der Waals surface area contributed by atoms with E-state index >= 15 is 0 Å². The summed E-state index contributed by atoms with van der Waals surface area (Å²) in [7, 11) is 0. The van der Waals surface area contributed by atoms with Gasteiger partial charge in [0.05, 0.1) is 6.61 Å². The zero-order valence-electron chi connectivity index (χ0n) is 7.06. The number of nitrogens with one attached hydrogen (secondary N) is 1. The molecular formula is C7H14ClNO2. The monoisotopic (exact) mass is 179 g/mol. The van der Waals surface area contributed by atoms with Crippen LogP contribution in [0.2, 0.25) is 0 Å². The van der Waals surface area contributed by atoms with Gasteiger partial charge in [0.1, 0.15) is 5.38 Å². The number of hydrogen-bond acceptors (Lipinski definition) is 2. The molecular weight excluding hydrogens is 166 g/mol. The highest BCUT2D eigenvalue weighted by atomic mass is 35.5. The summed E-state index contributed by atoms with van der Waals surface area (Å²) >= 11 is 5.45. The van der Waals surface area contributed by atoms with Crippen molar-refractivity contribution in [1.82, 2.24) is 5.48 Å². The third kappa shape index (κ3) is 6.13. The Labute approximate surface area is 72.0 Å². The Morgan fingerprint density at radius 2 is 2.09 bits per heavy atom. The van der Waals surface area contributed by atoms with E-state index in [0.717, 1.165) is 0 Å². The van der Waals surface area contributed by atoms with E-state index < -0.39 is 5.38 Å². The number of hydroxylamine groups is 1. The summed E-state index contributed by atoms with van der Waals surface area (Å²) in [5, 5.41) is -0.540. The lowest BCUT2D eigenvalue weighted by Gasteiger charge is -2.08. The van der Waals surface area contributed by atoms with Crippen molar-refractivity contribution in [3.63, 3.8) is 0 Å². The fourth-order valence-electron chi connectivity index (χ4n) is 0.361. The molecule has 0 rings (SSSR count). The minimum atomic E-state index is -0.540. The standard InChI is InChI=1S/C7H14ClNO2/c1-5(2)4-11-9-7(10)6(3)8/h5-6H,4H2,1-3H3,(H,9,10). The van der Waals surface area contributed by atoms with Gasteiger partial charge in [-0.1, -0.05) is 13.8 Å². The normalized spacial score (nSPS) is 13.2. The Morgan fingerprint density at radius 3 is 2.45 bits per heavy atom. The molecule has 4 heteroatoms. The summed E-state index contributed by atoms with van der Waals surface area (Å²) in [5.74, 6) is 0.105. The topological polar surface area (TPSA) is 38.3 Å². The number of carbonyl (C=O) groups excluding carboxylic acids is 1. The van der Waals surface area contributed by atoms with Crippen molar-refractivity contribution in [1.29, 1.82) is 0 Å². The molecule has 0 saturated carbocycles. The van der Waals surface area contributed by atoms with Crippen molar-refractivity contribution in [2.75, 3.05) is 6.61 Å². The predicted octanol–water partition coefficient (Wildman–Crippen LogP) is 1.32. The van der Waals surface area contributed by atoms with Crippen LogP contribution in [0.5, 0.6) is 0 Å². The molecule has 1 amide bonds. The SMILES string of the molecule is CC(C)CONC(=O)C(C)Cl. The molecule has 0 aromatic heterocycles. The fraction of sp³-hybridized carbons (Fsp3) is 0.857. The summed E-state index contributed by atoms with van der Waals surface area (Å²) in [5.41, 5.74) is 2.24. The number of halogens is 1. The van der Waals surface area contributed by atoms with E-state index in [4.69, 9.17) is 16.4 Å². The first-order valence-electron chi connectivity index (χ1n) is 3.59. The third-order valence-corrected chi connectivity index (χ3v) is 1.15. The van der Waals surface area contributed by atoms with Crippen molar-refractivity contribution in [3.05, 3.63) is 0 Å². The van der Waals surface area contributed by atoms with Crippen LogP contribution in [0.25, 0.3) is 0 Å². The maximum Gasteiger partial charge on any atom is 0.261 e. The van der Waals surface area contributed by atoms with Gasteiger partial charge in [-0.25, -0.2) is 5.48 Å². The second kappa shape index (κ2) is 5.38. The molecule has 0 aromatic rings. The third-order valence-electron chi connectivity index (χ3n) is 0.951. The quantitative estimate of drug-likeness (QED) is 0.522. The van der Waals surface area contributed by atoms with E-state index in [-0.39, 0.29) is 5.91 Å². The van der Waals surface area contributed by atoms with Gasteiger partial charge in [0.15, 0.2) is 0 Å². The molecule has 0 aliphatic heterocycles. The number of amides is 1. The van der Waals surface area contributed by atoms with E-state index in [1.165, 1.54) is 0 Å². The average molecular weight is 180 g/mol. The van der Waals surface area contributed by atoms with Gasteiger partial charge in [-0.05, 0) is 12.8 Å². The molecule has 0 saturated heterocycles. The number of rotatable bonds is 4. The lowest BCUT2D eigenvalue weighted by molar-refractivity contribution is -0.133. The molecule has 11 heavy (non-hydrogen) atoms. The number of carbonyl (C=O) groups is 1. The van der Waals surface area contributed by atoms with Gasteiger partial charge >= 0.3 is 0 Å². The van der Waals surface area contributed by atoms with Gasteiger partial charge in [-0.3, -0.25) is 9.63 Å². The average Bonchev–Trinajstić information content (AvgIpc) is 1.86. The van der Waals surface area contributed by atoms with Crippen molar-refractivity contribution in [2.24, 2.45) is 5.92 Å². The molecule has 0 fully saturated rings. The Bertz CT molecular complexity index is 126. The summed E-state index contributed by atoms with van der Waals surface area (Å²) in [6, 6.07) is 0. The van der Waals surface area contributed by atoms with Crippen LogP contribution in [0.4, 0.5) is 0 Å². The molecule has 1 atom stereocenters. The van der Waals surface area contributed by atoms with Crippen molar-refractivity contribution in [2.45, 2.75) is 26.1 Å². The van der Waals surface area contributed by atoms with E-state index in [2.05, 4.69) is 5.48 Å². The fourth-order valence-corrected chi connectivity index (χ4v) is 0.405. The van der Waals surface area contributed by atoms with Crippen LogP contribution < -0.4 is 5.48 Å². The summed E-state index contributed by atoms with van der Waals surface area (Å²) < 4.78 is 0. The number of alkyl halides is 1. The van der Waals surface area contributed by atoms with E-state index in [0.29, 0.717) is 12.5 Å². The first-order valence-corrected chi connectivity index (χ1v) is 4.03. The van der Waals surface area contributed by atoms with Crippen molar-refractivity contribution in [3.8, 4) is 0 Å². The molecule has 3 nitrogen and oxygen atoms in total. The van der Waals surface area contributed by atoms with Crippen LogP contribution in [0.15, 0.2) is 0 Å². The molecule has 0 heterocycles. The molecule has 0 aromatic carbocycles. The van der Waals surface area contributed by atoms with Crippen LogP contribution in [0, 0.1) is 5.92 Å². The second-order valence-electron chi connectivity index (χ2n) is 2.79. The summed E-state index contributed by atoms with van der Waals surface area (Å²) in [6.07, 6.45) is 0. The second-order valence-corrected chi connectivity index (χ2v) is 3.44. The van der Waals surface area contributed by atoms with E-state index in [1.807, 2.05) is 13.8 Å². The first kappa shape index (κ1) is 10.7. The van der Waals surface area contributed by atoms with E-state index in [9.17, 15) is 4.79 Å². The van der Waals surface area contributed by atoms with Gasteiger partial charge in [-0.15, -0.1) is 11.6 Å². The summed E-state index contributed by atoms with van der Waals surface area (Å²) in [4.78, 5) is 15.6. The lowest BCUT2D eigenvalue weighted by atomic mass is 10.2. The largest absolute Gasteiger partial charge is 0.273 e. The lowest BCUT2D eigenvalue weighted by Crippen LogP contribution is -2.30. The number of hydrogen-bond donors (Lipinski definition) is 1. The maximum atomic E-state index is 10.8. The van der Waals surface area contributed by atoms with Gasteiger partial charge < -0.3 is 0 Å². The van der Waals surface area contributed by atoms with Crippen LogP contribution >= 0.6 is 11.6 Å². The molecule has 66 valence electrons. The molecule has 0 spiro atoms. The summed E-state index contributed by atoms with van der Waals surface area (Å²) in [6.45, 7) is 6.09. The van der Waals surface area contributed by atoms with Crippen LogP contribution in [0.1, 0.15) is 20.8 Å². The predicted molar refractivity (Wildman–Crippen MR) is 44.2 cm³/mol. The van der Waals surface area contributed by atoms with Gasteiger partial charge in [0.2, 0.25) is 0 Å².